The molecule has 0 saturated heterocycles. The lowest BCUT2D eigenvalue weighted by Gasteiger charge is -2.30. The molecular weight excluding hydrogens is 430 g/mol. The van der Waals surface area contributed by atoms with Crippen molar-refractivity contribution in [2.24, 2.45) is 0 Å². The predicted molar refractivity (Wildman–Crippen MR) is 146 cm³/mol. The van der Waals surface area contributed by atoms with Gasteiger partial charge in [0.05, 0.1) is 16.3 Å². The third kappa shape index (κ3) is 6.48. The highest BCUT2D eigenvalue weighted by atomic mass is 31.1. The largest absolute Gasteiger partial charge is 0.473 e. The molecule has 2 aromatic carbocycles. The molecule has 0 fully saturated rings. The molecule has 0 N–H and O–H groups in total. The molecule has 32 heavy (non-hydrogen) atoms. The van der Waals surface area contributed by atoms with Gasteiger partial charge in [-0.1, -0.05) is 67.5 Å². The van der Waals surface area contributed by atoms with E-state index in [0.717, 1.165) is 11.5 Å². The SMILES string of the molecule is Cc1cc(C)c(OP(C(C)C)C(C)C)c(-c2cc(C)cc(C)c2OP(C(C)C)C(C)C)c1. The molecule has 0 radical (unpaired) electrons. The maximum absolute atomic E-state index is 6.86. The van der Waals surface area contributed by atoms with Crippen LogP contribution in [-0.2, 0) is 0 Å². The summed E-state index contributed by atoms with van der Waals surface area (Å²) in [6, 6.07) is 9.05. The van der Waals surface area contributed by atoms with Gasteiger partial charge in [0.15, 0.2) is 0 Å². The zero-order valence-electron chi connectivity index (χ0n) is 22.3. The Balaban J connectivity index is 2.74. The molecule has 0 atom stereocenters. The molecule has 0 aromatic heterocycles. The maximum atomic E-state index is 6.86. The summed E-state index contributed by atoms with van der Waals surface area (Å²) in [6.07, 6.45) is 0. The molecule has 178 valence electrons. The van der Waals surface area contributed by atoms with Crippen LogP contribution in [0.25, 0.3) is 11.1 Å². The number of rotatable bonds is 9. The Morgan fingerprint density at radius 3 is 1.03 bits per heavy atom. The van der Waals surface area contributed by atoms with Crippen molar-refractivity contribution in [3.8, 4) is 22.6 Å². The minimum atomic E-state index is -0.586. The first-order valence-corrected chi connectivity index (χ1v) is 14.8. The summed E-state index contributed by atoms with van der Waals surface area (Å²) in [5, 5.41) is 0. The summed E-state index contributed by atoms with van der Waals surface area (Å²) < 4.78 is 13.7. The van der Waals surface area contributed by atoms with Gasteiger partial charge in [-0.05, 0) is 62.1 Å². The van der Waals surface area contributed by atoms with Crippen molar-refractivity contribution in [1.82, 2.24) is 0 Å². The van der Waals surface area contributed by atoms with Gasteiger partial charge in [0, 0.05) is 33.8 Å². The van der Waals surface area contributed by atoms with E-state index in [9.17, 15) is 0 Å². The Labute approximate surface area is 200 Å². The molecule has 4 heteroatoms. The highest BCUT2D eigenvalue weighted by molar-refractivity contribution is 7.54. The third-order valence-electron chi connectivity index (χ3n) is 5.56. The lowest BCUT2D eigenvalue weighted by Crippen LogP contribution is -2.11. The van der Waals surface area contributed by atoms with Gasteiger partial charge < -0.3 is 9.05 Å². The molecule has 0 saturated carbocycles. The number of hydrogen-bond donors (Lipinski definition) is 0. The van der Waals surface area contributed by atoms with Crippen molar-refractivity contribution in [1.29, 1.82) is 0 Å². The smallest absolute Gasteiger partial charge is 0.134 e. The quantitative estimate of drug-likeness (QED) is 0.337. The Morgan fingerprint density at radius 1 is 0.500 bits per heavy atom. The number of benzene rings is 2. The third-order valence-corrected chi connectivity index (χ3v) is 10.4. The Hall–Kier alpha value is -1.10. The second-order valence-electron chi connectivity index (χ2n) is 10.2. The van der Waals surface area contributed by atoms with Crippen LogP contribution in [0.2, 0.25) is 0 Å². The fraction of sp³-hybridized carbons (Fsp3) is 0.571. The summed E-state index contributed by atoms with van der Waals surface area (Å²) in [4.78, 5) is 0. The van der Waals surface area contributed by atoms with E-state index in [1.54, 1.807) is 0 Å². The normalized spacial score (nSPS) is 12.2. The lowest BCUT2D eigenvalue weighted by molar-refractivity contribution is 0.581. The minimum Gasteiger partial charge on any atom is -0.473 e. The van der Waals surface area contributed by atoms with E-state index in [0.29, 0.717) is 22.6 Å². The van der Waals surface area contributed by atoms with Crippen LogP contribution in [0.4, 0.5) is 0 Å². The predicted octanol–water partition coefficient (Wildman–Crippen LogP) is 9.77. The van der Waals surface area contributed by atoms with Crippen LogP contribution in [0.15, 0.2) is 24.3 Å². The van der Waals surface area contributed by atoms with Crippen molar-refractivity contribution < 1.29 is 9.05 Å². The van der Waals surface area contributed by atoms with E-state index >= 15 is 0 Å². The lowest BCUT2D eigenvalue weighted by atomic mass is 9.95. The van der Waals surface area contributed by atoms with Crippen molar-refractivity contribution in [2.45, 2.75) is 106 Å². The first kappa shape index (κ1) is 27.1. The number of hydrogen-bond acceptors (Lipinski definition) is 2. The Bertz CT molecular complexity index is 825. The van der Waals surface area contributed by atoms with Gasteiger partial charge in [0.1, 0.15) is 11.5 Å². The van der Waals surface area contributed by atoms with Crippen LogP contribution in [-0.4, -0.2) is 22.6 Å². The van der Waals surface area contributed by atoms with Crippen LogP contribution in [0.5, 0.6) is 11.5 Å². The van der Waals surface area contributed by atoms with Gasteiger partial charge in [0.25, 0.3) is 0 Å². The topological polar surface area (TPSA) is 18.5 Å². The van der Waals surface area contributed by atoms with Crippen LogP contribution in [0.3, 0.4) is 0 Å². The van der Waals surface area contributed by atoms with Gasteiger partial charge in [-0.3, -0.25) is 0 Å². The first-order chi connectivity index (χ1) is 14.8. The average Bonchev–Trinajstić information content (AvgIpc) is 2.64. The van der Waals surface area contributed by atoms with Crippen molar-refractivity contribution in [3.05, 3.63) is 46.5 Å². The zero-order chi connectivity index (χ0) is 24.3. The minimum absolute atomic E-state index is 0.503. The van der Waals surface area contributed by atoms with E-state index in [1.807, 2.05) is 0 Å². The summed E-state index contributed by atoms with van der Waals surface area (Å²) in [5.41, 5.74) is 9.26. The van der Waals surface area contributed by atoms with Crippen molar-refractivity contribution >= 4 is 16.3 Å². The molecule has 0 aliphatic rings. The second-order valence-corrected chi connectivity index (χ2v) is 16.1. The van der Waals surface area contributed by atoms with Gasteiger partial charge >= 0.3 is 0 Å². The monoisotopic (exact) mass is 474 g/mol. The molecule has 2 rings (SSSR count). The summed E-state index contributed by atoms with van der Waals surface area (Å²) in [7, 11) is -1.17. The van der Waals surface area contributed by atoms with E-state index in [4.69, 9.17) is 9.05 Å². The van der Waals surface area contributed by atoms with E-state index < -0.39 is 16.3 Å². The molecule has 0 bridgehead atoms. The maximum Gasteiger partial charge on any atom is 0.134 e. The van der Waals surface area contributed by atoms with E-state index in [2.05, 4.69) is 107 Å². The zero-order valence-corrected chi connectivity index (χ0v) is 24.1. The van der Waals surface area contributed by atoms with Gasteiger partial charge in [-0.2, -0.15) is 0 Å². The average molecular weight is 475 g/mol. The van der Waals surface area contributed by atoms with Gasteiger partial charge in [-0.25, -0.2) is 0 Å². The fourth-order valence-corrected chi connectivity index (χ4v) is 8.51. The number of aryl methyl sites for hydroxylation is 4. The van der Waals surface area contributed by atoms with Crippen molar-refractivity contribution in [3.63, 3.8) is 0 Å². The molecular formula is C28H44O2P2. The summed E-state index contributed by atoms with van der Waals surface area (Å²) >= 11 is 0. The molecule has 2 nitrogen and oxygen atoms in total. The molecule has 0 aliphatic heterocycles. The Kier molecular flexibility index (Phi) is 9.63. The van der Waals surface area contributed by atoms with Crippen LogP contribution < -0.4 is 9.05 Å². The molecule has 0 heterocycles. The van der Waals surface area contributed by atoms with E-state index in [-0.39, 0.29) is 0 Å². The molecule has 0 spiro atoms. The molecule has 0 amide bonds. The molecule has 2 aromatic rings. The highest BCUT2D eigenvalue weighted by Crippen LogP contribution is 2.54. The van der Waals surface area contributed by atoms with Crippen LogP contribution >= 0.6 is 16.3 Å². The Morgan fingerprint density at radius 2 is 0.781 bits per heavy atom. The standard InChI is InChI=1S/C28H44O2P2/c1-17(2)31(18(3)4)29-27-23(11)13-21(9)15-25(27)26-16-22(10)14-24(12)28(26)30-32(19(5)6)20(7)8/h13-20H,1-12H3. The highest BCUT2D eigenvalue weighted by Gasteiger charge is 2.27. The van der Waals surface area contributed by atoms with Gasteiger partial charge in [-0.15, -0.1) is 0 Å². The van der Waals surface area contributed by atoms with Gasteiger partial charge in [0.2, 0.25) is 0 Å². The van der Waals surface area contributed by atoms with Crippen molar-refractivity contribution in [2.75, 3.05) is 0 Å². The van der Waals surface area contributed by atoms with Crippen LogP contribution in [0.1, 0.15) is 77.6 Å². The summed E-state index contributed by atoms with van der Waals surface area (Å²) in [5.74, 6) is 2.05. The molecule has 0 aliphatic carbocycles. The van der Waals surface area contributed by atoms with E-state index in [1.165, 1.54) is 33.4 Å². The first-order valence-electron chi connectivity index (χ1n) is 12.0. The van der Waals surface area contributed by atoms with Crippen LogP contribution in [0, 0.1) is 27.7 Å². The summed E-state index contributed by atoms with van der Waals surface area (Å²) in [6.45, 7) is 26.9. The second kappa shape index (κ2) is 11.4. The molecule has 0 unspecified atom stereocenters. The fourth-order valence-electron chi connectivity index (χ4n) is 4.38.